The lowest BCUT2D eigenvalue weighted by molar-refractivity contribution is 0.890. The minimum Gasteiger partial charge on any atom is -0.383 e. The summed E-state index contributed by atoms with van der Waals surface area (Å²) in [6.45, 7) is 1.06. The van der Waals surface area contributed by atoms with Crippen LogP contribution in [0.3, 0.4) is 0 Å². The van der Waals surface area contributed by atoms with Crippen LogP contribution in [0, 0.1) is 5.92 Å². The summed E-state index contributed by atoms with van der Waals surface area (Å²) in [7, 11) is 4.06. The average Bonchev–Trinajstić information content (AvgIpc) is 3.01. The molecular weight excluding hydrogens is 294 g/mol. The highest BCUT2D eigenvalue weighted by atomic mass is 32.1. The van der Waals surface area contributed by atoms with Crippen molar-refractivity contribution in [3.63, 3.8) is 0 Å². The van der Waals surface area contributed by atoms with Gasteiger partial charge in [-0.1, -0.05) is 0 Å². The zero-order valence-corrected chi connectivity index (χ0v) is 13.6. The van der Waals surface area contributed by atoms with E-state index in [-0.39, 0.29) is 0 Å². The molecule has 0 aliphatic heterocycles. The van der Waals surface area contributed by atoms with Gasteiger partial charge in [-0.15, -0.1) is 11.3 Å². The van der Waals surface area contributed by atoms with Crippen LogP contribution in [0.25, 0.3) is 20.8 Å². The predicted octanol–water partition coefficient (Wildman–Crippen LogP) is 3.57. The van der Waals surface area contributed by atoms with E-state index in [0.717, 1.165) is 29.5 Å². The number of rotatable bonds is 5. The number of hydrogen-bond acceptors (Lipinski definition) is 5. The van der Waals surface area contributed by atoms with Gasteiger partial charge in [0.05, 0.1) is 26.5 Å². The molecule has 0 bridgehead atoms. The number of nitrogens with zero attached hydrogens (tertiary/aromatic N) is 3. The molecule has 0 atom stereocenters. The Labute approximate surface area is 133 Å². The Balaban J connectivity index is 1.78. The van der Waals surface area contributed by atoms with Crippen LogP contribution >= 0.6 is 11.3 Å². The largest absolute Gasteiger partial charge is 0.383 e. The van der Waals surface area contributed by atoms with Gasteiger partial charge in [0.2, 0.25) is 0 Å². The van der Waals surface area contributed by atoms with E-state index in [4.69, 9.17) is 4.98 Å². The standard InChI is InChI=1S/C16H19N5S/c1-21(2)15-8-12(17-9-10-3-4-10)16-13(19-15)7-14(22-16)11-5-6-18-20-11/h5-8,10H,3-4,9H2,1-2H3,(H,17,19)(H,18,20). The van der Waals surface area contributed by atoms with Crippen LogP contribution < -0.4 is 10.2 Å². The zero-order valence-electron chi connectivity index (χ0n) is 12.8. The minimum atomic E-state index is 0.845. The summed E-state index contributed by atoms with van der Waals surface area (Å²) in [6.07, 6.45) is 4.49. The van der Waals surface area contributed by atoms with Crippen molar-refractivity contribution < 1.29 is 0 Å². The Kier molecular flexibility index (Phi) is 3.26. The van der Waals surface area contributed by atoms with E-state index in [1.165, 1.54) is 28.1 Å². The van der Waals surface area contributed by atoms with Gasteiger partial charge in [0.1, 0.15) is 5.82 Å². The molecule has 0 unspecified atom stereocenters. The molecule has 114 valence electrons. The number of pyridine rings is 1. The molecule has 4 rings (SSSR count). The first-order valence-corrected chi connectivity index (χ1v) is 8.38. The molecule has 0 saturated heterocycles. The number of anilines is 2. The van der Waals surface area contributed by atoms with Crippen LogP contribution in [0.2, 0.25) is 0 Å². The number of aromatic amines is 1. The van der Waals surface area contributed by atoms with Crippen LogP contribution in [0.4, 0.5) is 11.5 Å². The minimum absolute atomic E-state index is 0.845. The van der Waals surface area contributed by atoms with Gasteiger partial charge in [-0.05, 0) is 30.9 Å². The molecule has 6 heteroatoms. The van der Waals surface area contributed by atoms with E-state index in [0.29, 0.717) is 0 Å². The van der Waals surface area contributed by atoms with E-state index in [2.05, 4.69) is 32.5 Å². The second-order valence-corrected chi connectivity index (χ2v) is 7.09. The lowest BCUT2D eigenvalue weighted by Crippen LogP contribution is -2.11. The van der Waals surface area contributed by atoms with Gasteiger partial charge in [-0.3, -0.25) is 5.10 Å². The van der Waals surface area contributed by atoms with Crippen molar-refractivity contribution in [3.8, 4) is 10.6 Å². The summed E-state index contributed by atoms with van der Waals surface area (Å²) in [5, 5.41) is 10.7. The summed E-state index contributed by atoms with van der Waals surface area (Å²) in [4.78, 5) is 7.99. The fourth-order valence-corrected chi connectivity index (χ4v) is 3.53. The highest BCUT2D eigenvalue weighted by Gasteiger charge is 2.21. The average molecular weight is 313 g/mol. The lowest BCUT2D eigenvalue weighted by Gasteiger charge is -2.14. The Hall–Kier alpha value is -2.08. The highest BCUT2D eigenvalue weighted by molar-refractivity contribution is 7.22. The molecule has 3 heterocycles. The summed E-state index contributed by atoms with van der Waals surface area (Å²) >= 11 is 1.76. The van der Waals surface area contributed by atoms with Crippen molar-refractivity contribution in [3.05, 3.63) is 24.4 Å². The molecule has 1 aliphatic rings. The Morgan fingerprint density at radius 3 is 2.91 bits per heavy atom. The maximum absolute atomic E-state index is 4.77. The normalized spacial score (nSPS) is 14.5. The maximum atomic E-state index is 4.77. The van der Waals surface area contributed by atoms with Gasteiger partial charge in [-0.25, -0.2) is 4.98 Å². The smallest absolute Gasteiger partial charge is 0.130 e. The fourth-order valence-electron chi connectivity index (χ4n) is 2.47. The van der Waals surface area contributed by atoms with Gasteiger partial charge in [0.15, 0.2) is 0 Å². The van der Waals surface area contributed by atoms with Crippen LogP contribution in [-0.2, 0) is 0 Å². The van der Waals surface area contributed by atoms with Crippen LogP contribution in [-0.4, -0.2) is 35.8 Å². The van der Waals surface area contributed by atoms with Gasteiger partial charge >= 0.3 is 0 Å². The summed E-state index contributed by atoms with van der Waals surface area (Å²) in [6, 6.07) is 6.29. The third-order valence-electron chi connectivity index (χ3n) is 3.97. The second-order valence-electron chi connectivity index (χ2n) is 6.04. The van der Waals surface area contributed by atoms with Crippen molar-refractivity contribution >= 4 is 33.1 Å². The molecule has 2 N–H and O–H groups in total. The number of H-pyrrole nitrogens is 1. The molecule has 5 nitrogen and oxygen atoms in total. The van der Waals surface area contributed by atoms with Crippen molar-refractivity contribution in [2.45, 2.75) is 12.8 Å². The molecule has 3 aromatic heterocycles. The zero-order chi connectivity index (χ0) is 15.1. The molecule has 0 amide bonds. The fraction of sp³-hybridized carbons (Fsp3) is 0.375. The SMILES string of the molecule is CN(C)c1cc(NCC2CC2)c2sc(-c3ccn[nH]3)cc2n1. The first kappa shape index (κ1) is 13.6. The Morgan fingerprint density at radius 1 is 1.36 bits per heavy atom. The molecule has 22 heavy (non-hydrogen) atoms. The topological polar surface area (TPSA) is 56.8 Å². The number of hydrogen-bond donors (Lipinski definition) is 2. The van der Waals surface area contributed by atoms with Gasteiger partial charge in [0, 0.05) is 32.9 Å². The van der Waals surface area contributed by atoms with E-state index in [1.807, 2.05) is 20.2 Å². The maximum Gasteiger partial charge on any atom is 0.130 e. The monoisotopic (exact) mass is 313 g/mol. The van der Waals surface area contributed by atoms with Crippen molar-refractivity contribution in [1.29, 1.82) is 0 Å². The second kappa shape index (κ2) is 5.28. The summed E-state index contributed by atoms with van der Waals surface area (Å²) in [5.41, 5.74) is 3.28. The van der Waals surface area contributed by atoms with E-state index in [1.54, 1.807) is 17.5 Å². The van der Waals surface area contributed by atoms with Gasteiger partial charge in [-0.2, -0.15) is 5.10 Å². The predicted molar refractivity (Wildman–Crippen MR) is 92.7 cm³/mol. The molecule has 3 aromatic rings. The van der Waals surface area contributed by atoms with E-state index in [9.17, 15) is 0 Å². The summed E-state index contributed by atoms with van der Waals surface area (Å²) < 4.78 is 1.22. The number of aromatic nitrogens is 3. The van der Waals surface area contributed by atoms with Crippen molar-refractivity contribution in [1.82, 2.24) is 15.2 Å². The van der Waals surface area contributed by atoms with Crippen molar-refractivity contribution in [2.75, 3.05) is 30.9 Å². The number of nitrogens with one attached hydrogen (secondary N) is 2. The van der Waals surface area contributed by atoms with E-state index < -0.39 is 0 Å². The highest BCUT2D eigenvalue weighted by Crippen LogP contribution is 2.38. The molecular formula is C16H19N5S. The van der Waals surface area contributed by atoms with Crippen molar-refractivity contribution in [2.24, 2.45) is 5.92 Å². The van der Waals surface area contributed by atoms with Crippen LogP contribution in [0.5, 0.6) is 0 Å². The van der Waals surface area contributed by atoms with Gasteiger partial charge < -0.3 is 10.2 Å². The van der Waals surface area contributed by atoms with E-state index >= 15 is 0 Å². The number of fused-ring (bicyclic) bond motifs is 1. The number of thiophene rings is 1. The molecule has 0 spiro atoms. The molecule has 1 fully saturated rings. The lowest BCUT2D eigenvalue weighted by atomic mass is 10.3. The molecule has 0 radical (unpaired) electrons. The van der Waals surface area contributed by atoms with Crippen LogP contribution in [0.1, 0.15) is 12.8 Å². The Morgan fingerprint density at radius 2 is 2.23 bits per heavy atom. The van der Waals surface area contributed by atoms with Crippen LogP contribution in [0.15, 0.2) is 24.4 Å². The first-order valence-electron chi connectivity index (χ1n) is 7.56. The third-order valence-corrected chi connectivity index (χ3v) is 5.16. The molecule has 1 saturated carbocycles. The summed E-state index contributed by atoms with van der Waals surface area (Å²) in [5.74, 6) is 1.83. The first-order chi connectivity index (χ1) is 10.7. The molecule has 1 aliphatic carbocycles. The quantitative estimate of drug-likeness (QED) is 0.756. The molecule has 0 aromatic carbocycles. The third kappa shape index (κ3) is 2.54. The van der Waals surface area contributed by atoms with Gasteiger partial charge in [0.25, 0.3) is 0 Å². The Bertz CT molecular complexity index is 786.